The van der Waals surface area contributed by atoms with Crippen molar-refractivity contribution in [2.24, 2.45) is 0 Å². The third kappa shape index (κ3) is 2.60. The maximum atomic E-state index is 12.2. The van der Waals surface area contributed by atoms with Gasteiger partial charge in [-0.3, -0.25) is 0 Å². The van der Waals surface area contributed by atoms with E-state index in [1.54, 1.807) is 11.1 Å². The molecule has 19 heavy (non-hydrogen) atoms. The normalized spacial score (nSPS) is 19.3. The van der Waals surface area contributed by atoms with Crippen LogP contribution in [0.15, 0.2) is 6.20 Å². The van der Waals surface area contributed by atoms with Crippen molar-refractivity contribution >= 4 is 12.0 Å². The number of carbonyl (C=O) groups is 1. The molecule has 2 aliphatic rings. The number of rotatable bonds is 1. The Bertz CT molecular complexity index is 487. The number of nitrogens with zero attached hydrogens (tertiary/aromatic N) is 3. The predicted octanol–water partition coefficient (Wildman–Crippen LogP) is 0.263. The summed E-state index contributed by atoms with van der Waals surface area (Å²) in [4.78, 5) is 22.0. The molecule has 3 heterocycles. The summed E-state index contributed by atoms with van der Waals surface area (Å²) in [7, 11) is 0. The molecule has 3 N–H and O–H groups in total. The van der Waals surface area contributed by atoms with Crippen LogP contribution in [-0.4, -0.2) is 40.2 Å². The number of ether oxygens (including phenoxy) is 1. The predicted molar refractivity (Wildman–Crippen MR) is 68.1 cm³/mol. The van der Waals surface area contributed by atoms with Crippen LogP contribution in [0.1, 0.15) is 24.1 Å². The van der Waals surface area contributed by atoms with Crippen LogP contribution in [0, 0.1) is 0 Å². The minimum absolute atomic E-state index is 0.0523. The maximum Gasteiger partial charge on any atom is 0.318 e. The number of hydrogen-bond donors (Lipinski definition) is 2. The van der Waals surface area contributed by atoms with E-state index in [2.05, 4.69) is 15.3 Å². The van der Waals surface area contributed by atoms with Gasteiger partial charge >= 0.3 is 6.03 Å². The van der Waals surface area contributed by atoms with Crippen LogP contribution in [0.4, 0.5) is 10.7 Å². The number of nitrogens with one attached hydrogen (secondary N) is 1. The summed E-state index contributed by atoms with van der Waals surface area (Å²) >= 11 is 0. The minimum atomic E-state index is -0.0523. The smallest absolute Gasteiger partial charge is 0.318 e. The fourth-order valence-electron chi connectivity index (χ4n) is 2.42. The maximum absolute atomic E-state index is 12.2. The van der Waals surface area contributed by atoms with Gasteiger partial charge in [0, 0.05) is 31.0 Å². The van der Waals surface area contributed by atoms with Crippen molar-refractivity contribution in [2.75, 3.05) is 18.9 Å². The third-order valence-corrected chi connectivity index (χ3v) is 3.51. The molecular formula is C12H17N5O2. The Labute approximate surface area is 111 Å². The van der Waals surface area contributed by atoms with E-state index in [0.717, 1.165) is 24.1 Å². The van der Waals surface area contributed by atoms with Crippen LogP contribution in [0.3, 0.4) is 0 Å². The zero-order chi connectivity index (χ0) is 13.2. The number of hydrogen-bond acceptors (Lipinski definition) is 5. The number of amides is 2. The van der Waals surface area contributed by atoms with Crippen molar-refractivity contribution < 1.29 is 9.53 Å². The Kier molecular flexibility index (Phi) is 3.20. The molecule has 0 saturated carbocycles. The average molecular weight is 263 g/mol. The number of carbonyl (C=O) groups excluding carboxylic acids is 1. The van der Waals surface area contributed by atoms with E-state index in [0.29, 0.717) is 26.3 Å². The van der Waals surface area contributed by atoms with Crippen molar-refractivity contribution in [3.63, 3.8) is 0 Å². The Morgan fingerprint density at radius 1 is 1.42 bits per heavy atom. The van der Waals surface area contributed by atoms with Crippen molar-refractivity contribution in [1.82, 2.24) is 20.2 Å². The molecule has 7 nitrogen and oxygen atoms in total. The van der Waals surface area contributed by atoms with E-state index in [1.807, 2.05) is 0 Å². The quantitative estimate of drug-likeness (QED) is 0.758. The Hall–Kier alpha value is -1.89. The SMILES string of the molecule is Nc1ncc2c(n1)CN(C(=O)NC1CCOCC1)C2. The largest absolute Gasteiger partial charge is 0.381 e. The molecule has 2 aliphatic heterocycles. The van der Waals surface area contributed by atoms with Crippen LogP contribution in [-0.2, 0) is 17.8 Å². The second kappa shape index (κ2) is 5.00. The molecule has 1 aromatic rings. The molecule has 2 amide bonds. The minimum Gasteiger partial charge on any atom is -0.381 e. The Morgan fingerprint density at radius 2 is 2.21 bits per heavy atom. The van der Waals surface area contributed by atoms with Gasteiger partial charge in [0.25, 0.3) is 0 Å². The first-order chi connectivity index (χ1) is 9.22. The van der Waals surface area contributed by atoms with Gasteiger partial charge in [0.2, 0.25) is 5.95 Å². The number of nitrogens with two attached hydrogens (primary N) is 1. The molecule has 102 valence electrons. The van der Waals surface area contributed by atoms with Gasteiger partial charge in [-0.1, -0.05) is 0 Å². The number of aromatic nitrogens is 2. The van der Waals surface area contributed by atoms with Crippen LogP contribution in [0.2, 0.25) is 0 Å². The molecule has 0 atom stereocenters. The highest BCUT2D eigenvalue weighted by Crippen LogP contribution is 2.21. The van der Waals surface area contributed by atoms with Crippen LogP contribution >= 0.6 is 0 Å². The second-order valence-corrected chi connectivity index (χ2v) is 4.89. The number of fused-ring (bicyclic) bond motifs is 1. The highest BCUT2D eigenvalue weighted by molar-refractivity contribution is 5.75. The third-order valence-electron chi connectivity index (χ3n) is 3.51. The molecule has 1 saturated heterocycles. The molecule has 1 aromatic heterocycles. The lowest BCUT2D eigenvalue weighted by Crippen LogP contribution is -2.44. The van der Waals surface area contributed by atoms with Crippen LogP contribution in [0.25, 0.3) is 0 Å². The molecule has 3 rings (SSSR count). The molecular weight excluding hydrogens is 246 g/mol. The first-order valence-electron chi connectivity index (χ1n) is 6.46. The summed E-state index contributed by atoms with van der Waals surface area (Å²) in [6.45, 7) is 2.47. The summed E-state index contributed by atoms with van der Waals surface area (Å²) in [5, 5.41) is 3.04. The molecule has 0 spiro atoms. The molecule has 0 radical (unpaired) electrons. The van der Waals surface area contributed by atoms with Gasteiger partial charge in [-0.15, -0.1) is 0 Å². The van der Waals surface area contributed by atoms with Gasteiger partial charge in [0.15, 0.2) is 0 Å². The van der Waals surface area contributed by atoms with E-state index in [-0.39, 0.29) is 18.0 Å². The van der Waals surface area contributed by atoms with Gasteiger partial charge in [-0.2, -0.15) is 0 Å². The van der Waals surface area contributed by atoms with Gasteiger partial charge < -0.3 is 20.7 Å². The molecule has 7 heteroatoms. The number of urea groups is 1. The summed E-state index contributed by atoms with van der Waals surface area (Å²) in [6, 6.07) is 0.157. The van der Waals surface area contributed by atoms with Gasteiger partial charge in [0.05, 0.1) is 18.8 Å². The number of nitrogen functional groups attached to an aromatic ring is 1. The molecule has 0 aromatic carbocycles. The standard InChI is InChI=1S/C12H17N5O2/c13-11-14-5-8-6-17(7-10(8)16-11)12(18)15-9-1-3-19-4-2-9/h5,9H,1-4,6-7H2,(H,15,18)(H2,13,14,16). The van der Waals surface area contributed by atoms with Gasteiger partial charge in [0.1, 0.15) is 0 Å². The van der Waals surface area contributed by atoms with Crippen molar-refractivity contribution in [3.05, 3.63) is 17.5 Å². The second-order valence-electron chi connectivity index (χ2n) is 4.89. The van der Waals surface area contributed by atoms with Crippen molar-refractivity contribution in [3.8, 4) is 0 Å². The topological polar surface area (TPSA) is 93.4 Å². The monoisotopic (exact) mass is 263 g/mol. The van der Waals surface area contributed by atoms with Crippen molar-refractivity contribution in [1.29, 1.82) is 0 Å². The number of anilines is 1. The van der Waals surface area contributed by atoms with Crippen LogP contribution < -0.4 is 11.1 Å². The summed E-state index contributed by atoms with van der Waals surface area (Å²) in [5.74, 6) is 0.255. The van der Waals surface area contributed by atoms with Crippen LogP contribution in [0.5, 0.6) is 0 Å². The van der Waals surface area contributed by atoms with E-state index >= 15 is 0 Å². The fraction of sp³-hybridized carbons (Fsp3) is 0.583. The Balaban J connectivity index is 1.60. The van der Waals surface area contributed by atoms with E-state index in [1.165, 1.54) is 0 Å². The lowest BCUT2D eigenvalue weighted by Gasteiger charge is -2.25. The molecule has 0 unspecified atom stereocenters. The fourth-order valence-corrected chi connectivity index (χ4v) is 2.42. The average Bonchev–Trinajstić information content (AvgIpc) is 2.83. The Morgan fingerprint density at radius 3 is 3.00 bits per heavy atom. The van der Waals surface area contributed by atoms with E-state index < -0.39 is 0 Å². The van der Waals surface area contributed by atoms with Gasteiger partial charge in [-0.25, -0.2) is 14.8 Å². The zero-order valence-electron chi connectivity index (χ0n) is 10.6. The zero-order valence-corrected chi connectivity index (χ0v) is 10.6. The van der Waals surface area contributed by atoms with E-state index in [4.69, 9.17) is 10.5 Å². The molecule has 0 bridgehead atoms. The van der Waals surface area contributed by atoms with Gasteiger partial charge in [-0.05, 0) is 12.8 Å². The lowest BCUT2D eigenvalue weighted by molar-refractivity contribution is 0.0780. The highest BCUT2D eigenvalue weighted by Gasteiger charge is 2.27. The molecule has 1 fully saturated rings. The molecule has 0 aliphatic carbocycles. The lowest BCUT2D eigenvalue weighted by atomic mass is 10.1. The van der Waals surface area contributed by atoms with Crippen molar-refractivity contribution in [2.45, 2.75) is 32.0 Å². The first-order valence-corrected chi connectivity index (χ1v) is 6.46. The van der Waals surface area contributed by atoms with E-state index in [9.17, 15) is 4.79 Å². The summed E-state index contributed by atoms with van der Waals surface area (Å²) in [6.07, 6.45) is 3.44. The first kappa shape index (κ1) is 12.2. The highest BCUT2D eigenvalue weighted by atomic mass is 16.5. The summed E-state index contributed by atoms with van der Waals surface area (Å²) < 4.78 is 5.27. The summed E-state index contributed by atoms with van der Waals surface area (Å²) in [5.41, 5.74) is 7.36.